The van der Waals surface area contributed by atoms with Crippen molar-refractivity contribution >= 4 is 49.9 Å². The maximum Gasteiger partial charge on any atom is 0.336 e. The lowest BCUT2D eigenvalue weighted by Crippen LogP contribution is -2.23. The molecule has 0 saturated carbocycles. The van der Waals surface area contributed by atoms with Gasteiger partial charge in [0.25, 0.3) is 0 Å². The molecule has 2 rings (SSSR count). The molecule has 2 N–H and O–H groups in total. The van der Waals surface area contributed by atoms with Crippen molar-refractivity contribution in [1.82, 2.24) is 4.72 Å². The first-order valence-electron chi connectivity index (χ1n) is 5.44. The molecule has 0 aliphatic rings. The molecule has 106 valence electrons. The minimum absolute atomic E-state index is 0.0241. The van der Waals surface area contributed by atoms with Gasteiger partial charge in [-0.25, -0.2) is 17.9 Å². The fourth-order valence-corrected chi connectivity index (χ4v) is 3.77. The zero-order chi connectivity index (χ0) is 14.8. The lowest BCUT2D eigenvalue weighted by Gasteiger charge is -2.07. The van der Waals surface area contributed by atoms with Crippen LogP contribution in [0.1, 0.15) is 15.9 Å². The van der Waals surface area contributed by atoms with Crippen LogP contribution < -0.4 is 4.72 Å². The van der Waals surface area contributed by atoms with Crippen LogP contribution in [0.3, 0.4) is 0 Å². The van der Waals surface area contributed by atoms with Gasteiger partial charge in [-0.3, -0.25) is 0 Å². The molecule has 0 fully saturated rings. The van der Waals surface area contributed by atoms with Gasteiger partial charge in [0.05, 0.1) is 10.5 Å². The topological polar surface area (TPSA) is 83.5 Å². The third-order valence-corrected chi connectivity index (χ3v) is 5.60. The monoisotopic (exact) mass is 423 g/mol. The zero-order valence-corrected chi connectivity index (χ0v) is 13.8. The van der Waals surface area contributed by atoms with E-state index in [1.54, 1.807) is 0 Å². The second-order valence-corrected chi connectivity index (χ2v) is 7.61. The molecule has 0 spiro atoms. The second kappa shape index (κ2) is 6.20. The summed E-state index contributed by atoms with van der Waals surface area (Å²) in [6.45, 7) is 0.181. The predicted molar refractivity (Wildman–Crippen MR) is 84.5 cm³/mol. The number of hydrogen-bond donors (Lipinski definition) is 2. The largest absolute Gasteiger partial charge is 0.478 e. The number of aromatic carboxylic acids is 1. The van der Waals surface area contributed by atoms with Gasteiger partial charge in [-0.15, -0.1) is 0 Å². The Morgan fingerprint density at radius 1 is 1.35 bits per heavy atom. The van der Waals surface area contributed by atoms with Crippen LogP contribution in [-0.2, 0) is 16.6 Å². The summed E-state index contributed by atoms with van der Waals surface area (Å²) in [6, 6.07) is 5.86. The third-order valence-electron chi connectivity index (χ3n) is 2.52. The van der Waals surface area contributed by atoms with Gasteiger partial charge in [0.15, 0.2) is 0 Å². The number of rotatable bonds is 5. The highest BCUT2D eigenvalue weighted by Gasteiger charge is 2.18. The Hall–Kier alpha value is -0.970. The summed E-state index contributed by atoms with van der Waals surface area (Å²) in [5.41, 5.74) is 0.839. The van der Waals surface area contributed by atoms with Gasteiger partial charge in [0.2, 0.25) is 10.0 Å². The van der Waals surface area contributed by atoms with Crippen LogP contribution in [0, 0.1) is 3.57 Å². The van der Waals surface area contributed by atoms with E-state index in [-0.39, 0.29) is 17.0 Å². The summed E-state index contributed by atoms with van der Waals surface area (Å²) in [7, 11) is -3.72. The van der Waals surface area contributed by atoms with E-state index in [0.29, 0.717) is 3.57 Å². The van der Waals surface area contributed by atoms with Gasteiger partial charge in [-0.2, -0.15) is 11.3 Å². The molecule has 20 heavy (non-hydrogen) atoms. The summed E-state index contributed by atoms with van der Waals surface area (Å²) < 4.78 is 27.2. The molecule has 1 aromatic heterocycles. The van der Waals surface area contributed by atoms with Gasteiger partial charge in [-0.05, 0) is 63.2 Å². The van der Waals surface area contributed by atoms with Crippen molar-refractivity contribution in [2.24, 2.45) is 0 Å². The normalized spacial score (nSPS) is 11.4. The molecule has 1 heterocycles. The summed E-state index contributed by atoms with van der Waals surface area (Å²) in [6.07, 6.45) is 0. The zero-order valence-electron chi connectivity index (χ0n) is 10.0. The minimum atomic E-state index is -3.72. The van der Waals surface area contributed by atoms with Crippen molar-refractivity contribution in [1.29, 1.82) is 0 Å². The van der Waals surface area contributed by atoms with E-state index < -0.39 is 16.0 Å². The highest BCUT2D eigenvalue weighted by Crippen LogP contribution is 2.18. The standard InChI is InChI=1S/C12H10INO4S2/c13-11-2-1-9(5-10(11)12(15)16)20(17,18)14-6-8-3-4-19-7-8/h1-5,7,14H,6H2,(H,15,16). The average Bonchev–Trinajstić information content (AvgIpc) is 2.89. The molecule has 2 aromatic rings. The molecule has 0 radical (unpaired) electrons. The molecule has 0 bridgehead atoms. The van der Waals surface area contributed by atoms with Crippen molar-refractivity contribution < 1.29 is 18.3 Å². The third kappa shape index (κ3) is 3.57. The number of halogens is 1. The lowest BCUT2D eigenvalue weighted by molar-refractivity contribution is 0.0695. The quantitative estimate of drug-likeness (QED) is 0.725. The van der Waals surface area contributed by atoms with Crippen molar-refractivity contribution in [2.45, 2.75) is 11.4 Å². The molecule has 0 atom stereocenters. The maximum absolute atomic E-state index is 12.1. The highest BCUT2D eigenvalue weighted by molar-refractivity contribution is 14.1. The molecule has 0 amide bonds. The average molecular weight is 423 g/mol. The number of carbonyl (C=O) groups is 1. The van der Waals surface area contributed by atoms with Crippen molar-refractivity contribution in [3.8, 4) is 0 Å². The predicted octanol–water partition coefficient (Wildman–Crippen LogP) is 2.53. The van der Waals surface area contributed by atoms with Crippen LogP contribution in [0.2, 0.25) is 0 Å². The minimum Gasteiger partial charge on any atom is -0.478 e. The molecule has 0 unspecified atom stereocenters. The number of thiophene rings is 1. The Labute approximate surface area is 133 Å². The molecule has 8 heteroatoms. The van der Waals surface area contributed by atoms with Crippen molar-refractivity contribution in [3.63, 3.8) is 0 Å². The first-order chi connectivity index (χ1) is 9.40. The number of benzene rings is 1. The second-order valence-electron chi connectivity index (χ2n) is 3.90. The van der Waals surface area contributed by atoms with E-state index in [2.05, 4.69) is 4.72 Å². The van der Waals surface area contributed by atoms with E-state index >= 15 is 0 Å². The van der Waals surface area contributed by atoms with Crippen molar-refractivity contribution in [3.05, 3.63) is 49.7 Å². The summed E-state index contributed by atoms with van der Waals surface area (Å²) in [4.78, 5) is 11.0. The Morgan fingerprint density at radius 2 is 2.10 bits per heavy atom. The molecular weight excluding hydrogens is 413 g/mol. The highest BCUT2D eigenvalue weighted by atomic mass is 127. The van der Waals surface area contributed by atoms with E-state index in [4.69, 9.17) is 5.11 Å². The Morgan fingerprint density at radius 3 is 2.70 bits per heavy atom. The van der Waals surface area contributed by atoms with Crippen LogP contribution in [0.25, 0.3) is 0 Å². The van der Waals surface area contributed by atoms with E-state index in [9.17, 15) is 13.2 Å². The van der Waals surface area contributed by atoms with Gasteiger partial charge in [0, 0.05) is 10.1 Å². The van der Waals surface area contributed by atoms with Crippen LogP contribution in [0.15, 0.2) is 39.9 Å². The molecule has 0 saturated heterocycles. The first-order valence-corrected chi connectivity index (χ1v) is 8.94. The number of hydrogen-bond acceptors (Lipinski definition) is 4. The van der Waals surface area contributed by atoms with E-state index in [1.807, 2.05) is 39.4 Å². The molecule has 1 aromatic carbocycles. The van der Waals surface area contributed by atoms with Crippen LogP contribution >= 0.6 is 33.9 Å². The number of carboxylic acid groups (broad SMARTS) is 1. The van der Waals surface area contributed by atoms with E-state index in [1.165, 1.54) is 29.5 Å². The molecular formula is C12H10INO4S2. The lowest BCUT2D eigenvalue weighted by atomic mass is 10.2. The maximum atomic E-state index is 12.1. The smallest absolute Gasteiger partial charge is 0.336 e. The Bertz CT molecular complexity index is 726. The van der Waals surface area contributed by atoms with Gasteiger partial charge in [-0.1, -0.05) is 0 Å². The Balaban J connectivity index is 2.25. The first kappa shape index (κ1) is 15.4. The van der Waals surface area contributed by atoms with Crippen LogP contribution in [0.5, 0.6) is 0 Å². The molecule has 0 aliphatic carbocycles. The SMILES string of the molecule is O=C(O)c1cc(S(=O)(=O)NCc2ccsc2)ccc1I. The summed E-state index contributed by atoms with van der Waals surface area (Å²) in [5.74, 6) is -1.15. The van der Waals surface area contributed by atoms with Gasteiger partial charge >= 0.3 is 5.97 Å². The van der Waals surface area contributed by atoms with Crippen molar-refractivity contribution in [2.75, 3.05) is 0 Å². The Kier molecular flexibility index (Phi) is 4.78. The number of nitrogens with one attached hydrogen (secondary N) is 1. The number of sulfonamides is 1. The van der Waals surface area contributed by atoms with Gasteiger partial charge in [0.1, 0.15) is 0 Å². The van der Waals surface area contributed by atoms with E-state index in [0.717, 1.165) is 5.56 Å². The summed E-state index contributed by atoms with van der Waals surface area (Å²) in [5, 5.41) is 12.7. The van der Waals surface area contributed by atoms with Crippen LogP contribution in [0.4, 0.5) is 0 Å². The fourth-order valence-electron chi connectivity index (χ4n) is 1.49. The number of carboxylic acids is 1. The van der Waals surface area contributed by atoms with Gasteiger partial charge < -0.3 is 5.11 Å². The molecule has 5 nitrogen and oxygen atoms in total. The summed E-state index contributed by atoms with van der Waals surface area (Å²) >= 11 is 3.34. The fraction of sp³-hybridized carbons (Fsp3) is 0.0833. The van der Waals surface area contributed by atoms with Crippen LogP contribution in [-0.4, -0.2) is 19.5 Å². The molecule has 0 aliphatic heterocycles.